The molecule has 1 aliphatic heterocycles. The van der Waals surface area contributed by atoms with E-state index in [-0.39, 0.29) is 29.0 Å². The predicted octanol–water partition coefficient (Wildman–Crippen LogP) is 4.56. The quantitative estimate of drug-likeness (QED) is 0.469. The number of nitrogens with zero attached hydrogens (tertiary/aromatic N) is 4. The van der Waals surface area contributed by atoms with Crippen molar-refractivity contribution in [2.24, 2.45) is 0 Å². The standard InChI is InChI=1S/C27H26F4N6O2/c1-14-5-17(9-32)33-10-19(14)18-6-23(24(8-22(18)28)37-12-15(2)36(4)16(3)13-37)35-26(39)20-11-34-25(38)7-21(20)27(29,30)31/h5-8,10-11,15-16H,12-13H2,1-4H3,(H,34,38)(H,35,39)/t15-,16+. The van der Waals surface area contributed by atoms with Crippen molar-refractivity contribution in [3.8, 4) is 17.2 Å². The first-order chi connectivity index (χ1) is 18.3. The van der Waals surface area contributed by atoms with E-state index in [4.69, 9.17) is 5.26 Å². The molecule has 1 aliphatic rings. The zero-order valence-corrected chi connectivity index (χ0v) is 21.7. The number of nitrogens with one attached hydrogen (secondary N) is 2. The first kappa shape index (κ1) is 27.8. The van der Waals surface area contributed by atoms with Gasteiger partial charge in [-0.15, -0.1) is 0 Å². The minimum atomic E-state index is -4.95. The lowest BCUT2D eigenvalue weighted by Gasteiger charge is -2.44. The fourth-order valence-corrected chi connectivity index (χ4v) is 4.71. The van der Waals surface area contributed by atoms with Gasteiger partial charge in [0, 0.05) is 54.8 Å². The molecule has 0 saturated carbocycles. The summed E-state index contributed by atoms with van der Waals surface area (Å²) < 4.78 is 56.5. The molecule has 39 heavy (non-hydrogen) atoms. The van der Waals surface area contributed by atoms with E-state index >= 15 is 4.39 Å². The van der Waals surface area contributed by atoms with E-state index in [1.165, 1.54) is 24.4 Å². The maximum Gasteiger partial charge on any atom is 0.417 e. The van der Waals surface area contributed by atoms with Crippen molar-refractivity contribution in [3.63, 3.8) is 0 Å². The van der Waals surface area contributed by atoms with E-state index < -0.39 is 34.6 Å². The number of halogens is 4. The van der Waals surface area contributed by atoms with Gasteiger partial charge in [0.2, 0.25) is 5.56 Å². The van der Waals surface area contributed by atoms with E-state index in [2.05, 4.69) is 20.2 Å². The summed E-state index contributed by atoms with van der Waals surface area (Å²) in [4.78, 5) is 34.9. The van der Waals surface area contributed by atoms with Crippen LogP contribution in [-0.4, -0.2) is 53.0 Å². The second-order valence-electron chi connectivity index (χ2n) is 9.69. The van der Waals surface area contributed by atoms with Crippen LogP contribution >= 0.6 is 0 Å². The second-order valence-corrected chi connectivity index (χ2v) is 9.69. The van der Waals surface area contributed by atoms with Crippen molar-refractivity contribution in [3.05, 3.63) is 75.2 Å². The van der Waals surface area contributed by atoms with Crippen LogP contribution in [0.3, 0.4) is 0 Å². The smallest absolute Gasteiger partial charge is 0.367 e. The molecule has 0 unspecified atom stereocenters. The van der Waals surface area contributed by atoms with Crippen molar-refractivity contribution >= 4 is 17.3 Å². The van der Waals surface area contributed by atoms with Gasteiger partial charge < -0.3 is 15.2 Å². The Labute approximate surface area is 221 Å². The van der Waals surface area contributed by atoms with Gasteiger partial charge in [-0.3, -0.25) is 14.5 Å². The minimum Gasteiger partial charge on any atom is -0.367 e. The molecule has 2 atom stereocenters. The molecule has 204 valence electrons. The zero-order chi connectivity index (χ0) is 28.6. The number of nitriles is 1. The lowest BCUT2D eigenvalue weighted by atomic mass is 9.99. The van der Waals surface area contributed by atoms with E-state index in [0.29, 0.717) is 42.2 Å². The highest BCUT2D eigenvalue weighted by Crippen LogP contribution is 2.38. The van der Waals surface area contributed by atoms with Crippen molar-refractivity contribution in [1.82, 2.24) is 14.9 Å². The Bertz CT molecular complexity index is 1520. The largest absolute Gasteiger partial charge is 0.417 e. The molecule has 2 aromatic heterocycles. The first-order valence-electron chi connectivity index (χ1n) is 12.1. The molecular formula is C27H26F4N6O2. The number of hydrogen-bond acceptors (Lipinski definition) is 6. The highest BCUT2D eigenvalue weighted by molar-refractivity contribution is 6.07. The van der Waals surface area contributed by atoms with Crippen LogP contribution in [0.2, 0.25) is 0 Å². The Morgan fingerprint density at radius 1 is 1.15 bits per heavy atom. The molecule has 0 radical (unpaired) electrons. The van der Waals surface area contributed by atoms with Gasteiger partial charge in [-0.25, -0.2) is 9.37 Å². The number of hydrogen-bond donors (Lipinski definition) is 2. The summed E-state index contributed by atoms with van der Waals surface area (Å²) in [5.74, 6) is -1.75. The second kappa shape index (κ2) is 10.5. The summed E-state index contributed by atoms with van der Waals surface area (Å²) in [5, 5.41) is 11.6. The summed E-state index contributed by atoms with van der Waals surface area (Å²) in [6, 6.07) is 6.45. The van der Waals surface area contributed by atoms with Gasteiger partial charge in [-0.1, -0.05) is 0 Å². The molecule has 1 saturated heterocycles. The lowest BCUT2D eigenvalue weighted by Crippen LogP contribution is -2.55. The molecular weight excluding hydrogens is 516 g/mol. The van der Waals surface area contributed by atoms with E-state index in [0.717, 1.165) is 0 Å². The normalized spacial score (nSPS) is 18.1. The van der Waals surface area contributed by atoms with Crippen LogP contribution in [0, 0.1) is 24.1 Å². The number of pyridine rings is 2. The highest BCUT2D eigenvalue weighted by Gasteiger charge is 2.36. The molecule has 12 heteroatoms. The average molecular weight is 543 g/mol. The van der Waals surface area contributed by atoms with Crippen LogP contribution in [0.1, 0.15) is 41.0 Å². The number of aromatic amines is 1. The SMILES string of the molecule is Cc1cc(C#N)ncc1-c1cc(NC(=O)c2c[nH]c(=O)cc2C(F)(F)F)c(N2C[C@@H](C)N(C)[C@@H](C)C2)cc1F. The minimum absolute atomic E-state index is 0.0521. The maximum atomic E-state index is 15.6. The summed E-state index contributed by atoms with van der Waals surface area (Å²) in [6.07, 6.45) is -2.91. The number of aryl methyl sites for hydroxylation is 1. The van der Waals surface area contributed by atoms with Crippen molar-refractivity contribution in [2.45, 2.75) is 39.0 Å². The highest BCUT2D eigenvalue weighted by atomic mass is 19.4. The van der Waals surface area contributed by atoms with E-state index in [1.54, 1.807) is 6.92 Å². The first-order valence-corrected chi connectivity index (χ1v) is 12.1. The van der Waals surface area contributed by atoms with Gasteiger partial charge >= 0.3 is 6.18 Å². The third-order valence-corrected chi connectivity index (χ3v) is 7.02. The molecule has 1 fully saturated rings. The topological polar surface area (TPSA) is 105 Å². The Balaban J connectivity index is 1.85. The number of carbonyl (C=O) groups is 1. The zero-order valence-electron chi connectivity index (χ0n) is 21.7. The monoisotopic (exact) mass is 542 g/mol. The molecule has 0 spiro atoms. The summed E-state index contributed by atoms with van der Waals surface area (Å²) >= 11 is 0. The molecule has 8 nitrogen and oxygen atoms in total. The summed E-state index contributed by atoms with van der Waals surface area (Å²) in [7, 11) is 1.97. The van der Waals surface area contributed by atoms with Gasteiger partial charge in [0.15, 0.2) is 0 Å². The number of amides is 1. The molecule has 0 aliphatic carbocycles. The Morgan fingerprint density at radius 2 is 1.82 bits per heavy atom. The van der Waals surface area contributed by atoms with Gasteiger partial charge in [-0.05, 0) is 51.6 Å². The molecule has 3 heterocycles. The fourth-order valence-electron chi connectivity index (χ4n) is 4.71. The van der Waals surface area contributed by atoms with Crippen LogP contribution in [0.4, 0.5) is 28.9 Å². The van der Waals surface area contributed by atoms with Gasteiger partial charge in [-0.2, -0.15) is 18.4 Å². The number of benzene rings is 1. The van der Waals surface area contributed by atoms with Gasteiger partial charge in [0.25, 0.3) is 5.91 Å². The lowest BCUT2D eigenvalue weighted by molar-refractivity contribution is -0.138. The van der Waals surface area contributed by atoms with Gasteiger partial charge in [0.1, 0.15) is 17.6 Å². The molecule has 4 rings (SSSR count). The van der Waals surface area contributed by atoms with Crippen molar-refractivity contribution in [2.75, 3.05) is 30.4 Å². The van der Waals surface area contributed by atoms with Crippen molar-refractivity contribution < 1.29 is 22.4 Å². The van der Waals surface area contributed by atoms with Gasteiger partial charge in [0.05, 0.1) is 22.5 Å². The van der Waals surface area contributed by atoms with Crippen LogP contribution < -0.4 is 15.8 Å². The van der Waals surface area contributed by atoms with E-state index in [9.17, 15) is 22.8 Å². The summed E-state index contributed by atoms with van der Waals surface area (Å²) in [6.45, 7) is 6.61. The average Bonchev–Trinajstić information content (AvgIpc) is 2.87. The molecule has 2 N–H and O–H groups in total. The Morgan fingerprint density at radius 3 is 2.41 bits per heavy atom. The number of likely N-dealkylation sites (N-methyl/N-ethyl adjacent to an activating group) is 1. The fraction of sp³-hybridized carbons (Fsp3) is 0.333. The molecule has 3 aromatic rings. The van der Waals surface area contributed by atoms with Crippen LogP contribution in [-0.2, 0) is 6.18 Å². The molecule has 0 bridgehead atoms. The van der Waals surface area contributed by atoms with Crippen LogP contribution in [0.5, 0.6) is 0 Å². The van der Waals surface area contributed by atoms with Crippen LogP contribution in [0.25, 0.3) is 11.1 Å². The summed E-state index contributed by atoms with van der Waals surface area (Å²) in [5.41, 5.74) is -1.70. The van der Waals surface area contributed by atoms with Crippen LogP contribution in [0.15, 0.2) is 41.5 Å². The number of H-pyrrole nitrogens is 1. The number of piperazine rings is 1. The maximum absolute atomic E-state index is 15.6. The van der Waals surface area contributed by atoms with Crippen molar-refractivity contribution in [1.29, 1.82) is 5.26 Å². The number of alkyl halides is 3. The number of rotatable bonds is 4. The Hall–Kier alpha value is -4.24. The Kier molecular flexibility index (Phi) is 7.48. The molecule has 1 aromatic carbocycles. The third-order valence-electron chi connectivity index (χ3n) is 7.02. The molecule has 1 amide bonds. The number of aromatic nitrogens is 2. The van der Waals surface area contributed by atoms with E-state index in [1.807, 2.05) is 31.9 Å². The number of carbonyl (C=O) groups excluding carboxylic acids is 1. The predicted molar refractivity (Wildman–Crippen MR) is 138 cm³/mol. The number of anilines is 2. The third kappa shape index (κ3) is 5.63.